The molecule has 144 valence electrons. The van der Waals surface area contributed by atoms with Gasteiger partial charge in [-0.3, -0.25) is 4.90 Å². The third-order valence-corrected chi connectivity index (χ3v) is 7.20. The predicted molar refractivity (Wildman–Crippen MR) is 112 cm³/mol. The summed E-state index contributed by atoms with van der Waals surface area (Å²) in [6, 6.07) is 0. The fourth-order valence-corrected chi connectivity index (χ4v) is 5.15. The number of nitrogens with one attached hydrogen (secondary N) is 1. The summed E-state index contributed by atoms with van der Waals surface area (Å²) in [6.45, 7) is 13.4. The Bertz CT molecular complexity index is 939. The van der Waals surface area contributed by atoms with Crippen molar-refractivity contribution in [3.63, 3.8) is 0 Å². The molecule has 4 heterocycles. The van der Waals surface area contributed by atoms with E-state index in [1.54, 1.807) is 22.7 Å². The molecule has 0 bridgehead atoms. The second-order valence-corrected chi connectivity index (χ2v) is 9.43. The van der Waals surface area contributed by atoms with Crippen LogP contribution in [0.4, 0.5) is 5.82 Å². The van der Waals surface area contributed by atoms with Gasteiger partial charge >= 0.3 is 0 Å². The molecule has 6 nitrogen and oxygen atoms in total. The number of aryl methyl sites for hydroxylation is 4. The van der Waals surface area contributed by atoms with Gasteiger partial charge in [0.2, 0.25) is 0 Å². The van der Waals surface area contributed by atoms with Crippen LogP contribution in [0, 0.1) is 27.7 Å². The number of hydrogen-bond donors (Lipinski definition) is 1. The van der Waals surface area contributed by atoms with Crippen molar-refractivity contribution in [2.75, 3.05) is 31.6 Å². The van der Waals surface area contributed by atoms with Crippen LogP contribution in [0.2, 0.25) is 0 Å². The Balaban J connectivity index is 1.63. The SMILES string of the molecule is Cc1nc(CNc2nc(CN3CCOCC3)nc3sc(C)c(C)c23)sc1C. The molecule has 0 amide bonds. The Morgan fingerprint density at radius 3 is 2.48 bits per heavy atom. The summed E-state index contributed by atoms with van der Waals surface area (Å²) in [5, 5.41) is 5.78. The highest BCUT2D eigenvalue weighted by Gasteiger charge is 2.18. The molecule has 27 heavy (non-hydrogen) atoms. The molecule has 0 saturated carbocycles. The van der Waals surface area contributed by atoms with Crippen LogP contribution in [0.1, 0.15) is 31.8 Å². The summed E-state index contributed by atoms with van der Waals surface area (Å²) in [5.41, 5.74) is 2.38. The molecule has 1 fully saturated rings. The van der Waals surface area contributed by atoms with Gasteiger partial charge in [-0.25, -0.2) is 15.0 Å². The van der Waals surface area contributed by atoms with Crippen molar-refractivity contribution < 1.29 is 4.74 Å². The molecule has 0 aromatic carbocycles. The van der Waals surface area contributed by atoms with Crippen LogP contribution in [0.5, 0.6) is 0 Å². The van der Waals surface area contributed by atoms with E-state index in [1.807, 2.05) is 0 Å². The highest BCUT2D eigenvalue weighted by atomic mass is 32.1. The maximum atomic E-state index is 5.45. The zero-order valence-electron chi connectivity index (χ0n) is 16.3. The minimum absolute atomic E-state index is 0.691. The number of aromatic nitrogens is 3. The van der Waals surface area contributed by atoms with E-state index in [0.717, 1.165) is 65.4 Å². The summed E-state index contributed by atoms with van der Waals surface area (Å²) in [6.07, 6.45) is 0. The van der Waals surface area contributed by atoms with Crippen LogP contribution in [-0.2, 0) is 17.8 Å². The lowest BCUT2D eigenvalue weighted by molar-refractivity contribution is 0.0331. The molecule has 1 aliphatic heterocycles. The molecular weight excluding hydrogens is 378 g/mol. The monoisotopic (exact) mass is 403 g/mol. The van der Waals surface area contributed by atoms with E-state index in [2.05, 4.69) is 42.9 Å². The number of thiazole rings is 1. The summed E-state index contributed by atoms with van der Waals surface area (Å²) < 4.78 is 5.45. The zero-order chi connectivity index (χ0) is 19.0. The minimum Gasteiger partial charge on any atom is -0.379 e. The number of nitrogens with zero attached hydrogens (tertiary/aromatic N) is 4. The molecule has 1 aliphatic rings. The van der Waals surface area contributed by atoms with Crippen molar-refractivity contribution >= 4 is 38.7 Å². The van der Waals surface area contributed by atoms with Crippen molar-refractivity contribution in [2.45, 2.75) is 40.8 Å². The van der Waals surface area contributed by atoms with Gasteiger partial charge in [0.1, 0.15) is 21.5 Å². The van der Waals surface area contributed by atoms with Crippen LogP contribution in [0.15, 0.2) is 0 Å². The van der Waals surface area contributed by atoms with Crippen molar-refractivity contribution in [3.05, 3.63) is 31.8 Å². The molecule has 0 radical (unpaired) electrons. The lowest BCUT2D eigenvalue weighted by atomic mass is 10.2. The molecule has 1 N–H and O–H groups in total. The summed E-state index contributed by atoms with van der Waals surface area (Å²) in [7, 11) is 0. The van der Waals surface area contributed by atoms with E-state index in [1.165, 1.54) is 15.3 Å². The molecule has 4 rings (SSSR count). The quantitative estimate of drug-likeness (QED) is 0.699. The molecule has 3 aromatic rings. The molecule has 0 aliphatic carbocycles. The summed E-state index contributed by atoms with van der Waals surface area (Å²) >= 11 is 3.49. The van der Waals surface area contributed by atoms with Gasteiger partial charge < -0.3 is 10.1 Å². The van der Waals surface area contributed by atoms with Crippen LogP contribution >= 0.6 is 22.7 Å². The Kier molecular flexibility index (Phi) is 5.41. The molecule has 1 saturated heterocycles. The lowest BCUT2D eigenvalue weighted by Gasteiger charge is -2.25. The third-order valence-electron chi connectivity index (χ3n) is 5.02. The first-order valence-corrected chi connectivity index (χ1v) is 10.9. The van der Waals surface area contributed by atoms with E-state index in [4.69, 9.17) is 14.7 Å². The largest absolute Gasteiger partial charge is 0.379 e. The Hall–Kier alpha value is -1.61. The zero-order valence-corrected chi connectivity index (χ0v) is 17.9. The molecular formula is C19H25N5OS2. The maximum absolute atomic E-state index is 5.45. The van der Waals surface area contributed by atoms with E-state index < -0.39 is 0 Å². The predicted octanol–water partition coefficient (Wildman–Crippen LogP) is 3.83. The lowest BCUT2D eigenvalue weighted by Crippen LogP contribution is -2.36. The topological polar surface area (TPSA) is 63.2 Å². The van der Waals surface area contributed by atoms with Crippen molar-refractivity contribution in [1.29, 1.82) is 0 Å². The minimum atomic E-state index is 0.691. The number of hydrogen-bond acceptors (Lipinski definition) is 8. The number of rotatable bonds is 5. The molecule has 0 unspecified atom stereocenters. The fourth-order valence-electron chi connectivity index (χ4n) is 3.23. The standard InChI is InChI=1S/C19H25N5OS2/c1-11-13(3)27-19-17(11)18(20-9-16-21-12(2)14(4)26-16)22-15(23-19)10-24-5-7-25-8-6-24/h5-10H2,1-4H3,(H,20,22,23). The van der Waals surface area contributed by atoms with Crippen LogP contribution in [-0.4, -0.2) is 46.2 Å². The van der Waals surface area contributed by atoms with E-state index in [0.29, 0.717) is 6.54 Å². The van der Waals surface area contributed by atoms with Gasteiger partial charge in [0.25, 0.3) is 0 Å². The van der Waals surface area contributed by atoms with Crippen LogP contribution < -0.4 is 5.32 Å². The second-order valence-electron chi connectivity index (χ2n) is 6.94. The first-order valence-electron chi connectivity index (χ1n) is 9.24. The van der Waals surface area contributed by atoms with Gasteiger partial charge in [0.15, 0.2) is 0 Å². The fraction of sp³-hybridized carbons (Fsp3) is 0.526. The molecule has 3 aromatic heterocycles. The summed E-state index contributed by atoms with van der Waals surface area (Å²) in [5.74, 6) is 1.80. The third kappa shape index (κ3) is 3.99. The van der Waals surface area contributed by atoms with Gasteiger partial charge in [0, 0.05) is 22.8 Å². The van der Waals surface area contributed by atoms with Gasteiger partial charge in [0.05, 0.1) is 37.4 Å². The number of anilines is 1. The van der Waals surface area contributed by atoms with E-state index in [-0.39, 0.29) is 0 Å². The van der Waals surface area contributed by atoms with Gasteiger partial charge in [-0.15, -0.1) is 22.7 Å². The van der Waals surface area contributed by atoms with Gasteiger partial charge in [-0.05, 0) is 33.3 Å². The molecule has 0 atom stereocenters. The van der Waals surface area contributed by atoms with Crippen LogP contribution in [0.25, 0.3) is 10.2 Å². The summed E-state index contributed by atoms with van der Waals surface area (Å²) in [4.78, 5) is 20.4. The van der Waals surface area contributed by atoms with Gasteiger partial charge in [-0.2, -0.15) is 0 Å². The number of ether oxygens (including phenoxy) is 1. The number of fused-ring (bicyclic) bond motifs is 1. The van der Waals surface area contributed by atoms with Crippen molar-refractivity contribution in [3.8, 4) is 0 Å². The Morgan fingerprint density at radius 1 is 1.00 bits per heavy atom. The second kappa shape index (κ2) is 7.79. The molecule has 8 heteroatoms. The van der Waals surface area contributed by atoms with Crippen molar-refractivity contribution in [1.82, 2.24) is 19.9 Å². The maximum Gasteiger partial charge on any atom is 0.146 e. The average molecular weight is 404 g/mol. The van der Waals surface area contributed by atoms with Crippen molar-refractivity contribution in [2.24, 2.45) is 0 Å². The van der Waals surface area contributed by atoms with Gasteiger partial charge in [-0.1, -0.05) is 0 Å². The first kappa shape index (κ1) is 18.7. The Labute approximate surface area is 167 Å². The number of thiophene rings is 1. The van der Waals surface area contributed by atoms with E-state index >= 15 is 0 Å². The normalized spacial score (nSPS) is 15.6. The average Bonchev–Trinajstić information content (AvgIpc) is 3.12. The van der Waals surface area contributed by atoms with E-state index in [9.17, 15) is 0 Å². The smallest absolute Gasteiger partial charge is 0.146 e. The first-order chi connectivity index (χ1) is 13.0. The number of morpholine rings is 1. The van der Waals surface area contributed by atoms with Crippen LogP contribution in [0.3, 0.4) is 0 Å². The highest BCUT2D eigenvalue weighted by molar-refractivity contribution is 7.18. The highest BCUT2D eigenvalue weighted by Crippen LogP contribution is 2.34. The Morgan fingerprint density at radius 2 is 1.78 bits per heavy atom. The molecule has 0 spiro atoms.